The Hall–Kier alpha value is -3.93. The summed E-state index contributed by atoms with van der Waals surface area (Å²) in [5.74, 6) is 1.75. The molecular formula is C24H21N3O3. The van der Waals surface area contributed by atoms with E-state index in [0.717, 1.165) is 11.1 Å². The Morgan fingerprint density at radius 2 is 1.77 bits per heavy atom. The van der Waals surface area contributed by atoms with E-state index in [9.17, 15) is 4.79 Å². The number of ether oxygens (including phenoxy) is 2. The molecule has 1 aromatic heterocycles. The quantitative estimate of drug-likeness (QED) is 0.456. The lowest BCUT2D eigenvalue weighted by Gasteiger charge is -2.11. The van der Waals surface area contributed by atoms with Gasteiger partial charge >= 0.3 is 0 Å². The minimum absolute atomic E-state index is 0.205. The molecule has 0 saturated carbocycles. The first kappa shape index (κ1) is 19.4. The number of aromatic nitrogens is 2. The number of methoxy groups -OCH3 is 1. The summed E-state index contributed by atoms with van der Waals surface area (Å²) in [5, 5.41) is 4.89. The largest absolute Gasteiger partial charge is 0.493 e. The molecule has 0 fully saturated rings. The first-order chi connectivity index (χ1) is 14.7. The molecule has 3 aromatic carbocycles. The molecule has 4 rings (SSSR count). The lowest BCUT2D eigenvalue weighted by Crippen LogP contribution is -2.20. The number of benzene rings is 3. The van der Waals surface area contributed by atoms with Gasteiger partial charge in [-0.15, -0.1) is 0 Å². The molecule has 0 atom stereocenters. The van der Waals surface area contributed by atoms with E-state index in [2.05, 4.69) is 10.1 Å². The number of fused-ring (bicyclic) bond motifs is 1. The summed E-state index contributed by atoms with van der Waals surface area (Å²) < 4.78 is 12.7. The number of aryl methyl sites for hydroxylation is 1. The second-order valence-electron chi connectivity index (χ2n) is 6.72. The second-order valence-corrected chi connectivity index (χ2v) is 6.72. The van der Waals surface area contributed by atoms with E-state index < -0.39 is 0 Å². The molecule has 0 saturated heterocycles. The van der Waals surface area contributed by atoms with Crippen molar-refractivity contribution < 1.29 is 9.47 Å². The van der Waals surface area contributed by atoms with Crippen LogP contribution >= 0.6 is 0 Å². The van der Waals surface area contributed by atoms with Crippen LogP contribution in [0.25, 0.3) is 10.9 Å². The van der Waals surface area contributed by atoms with E-state index in [1.54, 1.807) is 26.3 Å². The van der Waals surface area contributed by atoms with Gasteiger partial charge in [-0.25, -0.2) is 4.98 Å². The molecule has 0 aliphatic heterocycles. The Kier molecular flexibility index (Phi) is 5.57. The van der Waals surface area contributed by atoms with Gasteiger partial charge in [-0.05, 0) is 48.4 Å². The monoisotopic (exact) mass is 399 g/mol. The molecular weight excluding hydrogens is 378 g/mol. The highest BCUT2D eigenvalue weighted by Crippen LogP contribution is 2.28. The zero-order chi connectivity index (χ0) is 20.9. The molecule has 0 amide bonds. The fourth-order valence-electron chi connectivity index (χ4n) is 3.12. The molecule has 0 bridgehead atoms. The number of nitrogens with zero attached hydrogens (tertiary/aromatic N) is 3. The summed E-state index contributed by atoms with van der Waals surface area (Å²) in [4.78, 5) is 17.2. The van der Waals surface area contributed by atoms with E-state index in [4.69, 9.17) is 9.47 Å². The van der Waals surface area contributed by atoms with Crippen LogP contribution in [0, 0.1) is 6.92 Å². The first-order valence-corrected chi connectivity index (χ1v) is 9.53. The van der Waals surface area contributed by atoms with Crippen LogP contribution in [0.2, 0.25) is 0 Å². The van der Waals surface area contributed by atoms with E-state index in [1.165, 1.54) is 4.68 Å². The van der Waals surface area contributed by atoms with Gasteiger partial charge in [0, 0.05) is 0 Å². The molecule has 0 spiro atoms. The Bertz CT molecular complexity index is 1260. The maximum Gasteiger partial charge on any atom is 0.282 e. The number of hydrogen-bond acceptors (Lipinski definition) is 5. The Labute approximate surface area is 174 Å². The molecule has 1 heterocycles. The van der Waals surface area contributed by atoms with Gasteiger partial charge in [0.15, 0.2) is 11.5 Å². The van der Waals surface area contributed by atoms with Crippen molar-refractivity contribution in [1.82, 2.24) is 9.66 Å². The third kappa shape index (κ3) is 4.07. The van der Waals surface area contributed by atoms with Gasteiger partial charge in [0.25, 0.3) is 5.56 Å². The van der Waals surface area contributed by atoms with Gasteiger partial charge in [-0.3, -0.25) is 4.79 Å². The summed E-state index contributed by atoms with van der Waals surface area (Å²) in [6, 6.07) is 22.6. The Morgan fingerprint density at radius 1 is 1.00 bits per heavy atom. The van der Waals surface area contributed by atoms with Crippen molar-refractivity contribution in [3.63, 3.8) is 0 Å². The smallest absolute Gasteiger partial charge is 0.282 e. The number of hydrogen-bond donors (Lipinski definition) is 0. The SMILES string of the molecule is COc1ccc(C=Nn2c(C)nc3ccccc3c2=O)cc1OCc1ccccc1. The van der Waals surface area contributed by atoms with Crippen LogP contribution in [-0.4, -0.2) is 23.0 Å². The van der Waals surface area contributed by atoms with Crippen molar-refractivity contribution in [3.05, 3.63) is 100 Å². The van der Waals surface area contributed by atoms with Gasteiger partial charge < -0.3 is 9.47 Å². The summed E-state index contributed by atoms with van der Waals surface area (Å²) in [7, 11) is 1.60. The molecule has 0 radical (unpaired) electrons. The average molecular weight is 399 g/mol. The number of rotatable bonds is 6. The summed E-state index contributed by atoms with van der Waals surface area (Å²) in [6.07, 6.45) is 1.61. The van der Waals surface area contributed by atoms with Gasteiger partial charge in [-0.2, -0.15) is 9.78 Å². The predicted octanol–water partition coefficient (Wildman–Crippen LogP) is 4.17. The van der Waals surface area contributed by atoms with Crippen LogP contribution in [0.15, 0.2) is 82.7 Å². The Morgan fingerprint density at radius 3 is 2.57 bits per heavy atom. The molecule has 0 aliphatic rings. The molecule has 6 nitrogen and oxygen atoms in total. The van der Waals surface area contributed by atoms with Crippen molar-refractivity contribution in [1.29, 1.82) is 0 Å². The standard InChI is InChI=1S/C24H21N3O3/c1-17-26-21-11-7-6-10-20(21)24(28)27(17)25-15-19-12-13-22(29-2)23(14-19)30-16-18-8-4-3-5-9-18/h3-15H,16H2,1-2H3. The minimum Gasteiger partial charge on any atom is -0.493 e. The fourth-order valence-corrected chi connectivity index (χ4v) is 3.12. The van der Waals surface area contributed by atoms with E-state index >= 15 is 0 Å². The van der Waals surface area contributed by atoms with Crippen LogP contribution < -0.4 is 15.0 Å². The molecule has 0 N–H and O–H groups in total. The third-order valence-electron chi connectivity index (χ3n) is 4.66. The highest BCUT2D eigenvalue weighted by molar-refractivity contribution is 5.81. The Balaban J connectivity index is 1.63. The van der Waals surface area contributed by atoms with Gasteiger partial charge in [0.05, 0.1) is 24.2 Å². The highest BCUT2D eigenvalue weighted by Gasteiger charge is 2.08. The van der Waals surface area contributed by atoms with Crippen LogP contribution in [0.4, 0.5) is 0 Å². The van der Waals surface area contributed by atoms with E-state index in [1.807, 2.05) is 66.7 Å². The molecule has 30 heavy (non-hydrogen) atoms. The lowest BCUT2D eigenvalue weighted by molar-refractivity contribution is 0.284. The maximum atomic E-state index is 12.8. The first-order valence-electron chi connectivity index (χ1n) is 9.53. The van der Waals surface area contributed by atoms with E-state index in [0.29, 0.717) is 34.8 Å². The van der Waals surface area contributed by atoms with Crippen LogP contribution in [0.3, 0.4) is 0 Å². The molecule has 150 valence electrons. The van der Waals surface area contributed by atoms with Crippen LogP contribution in [-0.2, 0) is 6.61 Å². The maximum absolute atomic E-state index is 12.8. The summed E-state index contributed by atoms with van der Waals surface area (Å²) in [5.41, 5.74) is 2.29. The topological polar surface area (TPSA) is 65.7 Å². The average Bonchev–Trinajstić information content (AvgIpc) is 2.78. The summed E-state index contributed by atoms with van der Waals surface area (Å²) >= 11 is 0. The van der Waals surface area contributed by atoms with Crippen molar-refractivity contribution in [2.24, 2.45) is 5.10 Å². The predicted molar refractivity (Wildman–Crippen MR) is 118 cm³/mol. The molecule has 0 unspecified atom stereocenters. The van der Waals surface area contributed by atoms with Gasteiger partial charge in [0.2, 0.25) is 0 Å². The summed E-state index contributed by atoms with van der Waals surface area (Å²) in [6.45, 7) is 2.18. The fraction of sp³-hybridized carbons (Fsp3) is 0.125. The normalized spacial score (nSPS) is 11.1. The minimum atomic E-state index is -0.205. The van der Waals surface area contributed by atoms with Crippen molar-refractivity contribution in [2.75, 3.05) is 7.11 Å². The zero-order valence-electron chi connectivity index (χ0n) is 16.8. The second kappa shape index (κ2) is 8.61. The van der Waals surface area contributed by atoms with Crippen molar-refractivity contribution in [2.45, 2.75) is 13.5 Å². The van der Waals surface area contributed by atoms with Gasteiger partial charge in [0.1, 0.15) is 12.4 Å². The van der Waals surface area contributed by atoms with Crippen molar-refractivity contribution in [3.8, 4) is 11.5 Å². The highest BCUT2D eigenvalue weighted by atomic mass is 16.5. The van der Waals surface area contributed by atoms with E-state index in [-0.39, 0.29) is 5.56 Å². The van der Waals surface area contributed by atoms with Crippen LogP contribution in [0.5, 0.6) is 11.5 Å². The van der Waals surface area contributed by atoms with Crippen LogP contribution in [0.1, 0.15) is 17.0 Å². The third-order valence-corrected chi connectivity index (χ3v) is 4.66. The number of para-hydroxylation sites is 1. The van der Waals surface area contributed by atoms with Gasteiger partial charge in [-0.1, -0.05) is 42.5 Å². The molecule has 0 aliphatic carbocycles. The lowest BCUT2D eigenvalue weighted by atomic mass is 10.2. The molecule has 6 heteroatoms. The zero-order valence-corrected chi connectivity index (χ0v) is 16.8. The van der Waals surface area contributed by atoms with Crippen molar-refractivity contribution >= 4 is 17.1 Å². The molecule has 4 aromatic rings.